The average molecular weight is 392 g/mol. The second-order valence-corrected chi connectivity index (χ2v) is 7.71. The minimum Gasteiger partial charge on any atom is -0.508 e. The molecule has 4 aromatic rings. The number of carbonyl (C=O) groups excluding carboxylic acids is 1. The maximum absolute atomic E-state index is 12.2. The SMILES string of the molecule is CC(=O)c1ccc2c(c1)C(c1ccc(O)cc1)(c1ccc(O)cc1)c1ccccc1-2. The molecular weight excluding hydrogens is 372 g/mol. The molecule has 0 aromatic heterocycles. The molecule has 146 valence electrons. The molecule has 0 fully saturated rings. The van der Waals surface area contributed by atoms with Crippen molar-refractivity contribution in [2.45, 2.75) is 12.3 Å². The maximum Gasteiger partial charge on any atom is 0.159 e. The number of Topliss-reactive ketones (excluding diaryl/α,β-unsaturated/α-hetero) is 1. The summed E-state index contributed by atoms with van der Waals surface area (Å²) in [5.41, 5.74) is 6.28. The molecule has 2 N–H and O–H groups in total. The van der Waals surface area contributed by atoms with Gasteiger partial charge in [-0.2, -0.15) is 0 Å². The number of hydrogen-bond acceptors (Lipinski definition) is 3. The topological polar surface area (TPSA) is 57.5 Å². The second-order valence-electron chi connectivity index (χ2n) is 7.71. The fourth-order valence-electron chi connectivity index (χ4n) is 4.71. The molecule has 0 bridgehead atoms. The van der Waals surface area contributed by atoms with Gasteiger partial charge in [0.05, 0.1) is 5.41 Å². The van der Waals surface area contributed by atoms with E-state index in [2.05, 4.69) is 12.1 Å². The lowest BCUT2D eigenvalue weighted by molar-refractivity contribution is 0.101. The van der Waals surface area contributed by atoms with Crippen LogP contribution in [0.2, 0.25) is 0 Å². The summed E-state index contributed by atoms with van der Waals surface area (Å²) < 4.78 is 0. The van der Waals surface area contributed by atoms with Crippen LogP contribution < -0.4 is 0 Å². The van der Waals surface area contributed by atoms with Gasteiger partial charge in [0.15, 0.2) is 5.78 Å². The molecule has 3 nitrogen and oxygen atoms in total. The highest BCUT2D eigenvalue weighted by Gasteiger charge is 2.46. The van der Waals surface area contributed by atoms with Crippen LogP contribution in [-0.2, 0) is 5.41 Å². The zero-order valence-corrected chi connectivity index (χ0v) is 16.5. The predicted octanol–water partition coefficient (Wildman–Crippen LogP) is 5.66. The highest BCUT2D eigenvalue weighted by molar-refractivity contribution is 5.97. The number of benzene rings is 4. The summed E-state index contributed by atoms with van der Waals surface area (Å²) in [5.74, 6) is 0.409. The van der Waals surface area contributed by atoms with E-state index in [9.17, 15) is 15.0 Å². The Labute approximate surface area is 174 Å². The monoisotopic (exact) mass is 392 g/mol. The largest absolute Gasteiger partial charge is 0.508 e. The Morgan fingerprint density at radius 2 is 1.20 bits per heavy atom. The molecule has 0 heterocycles. The van der Waals surface area contributed by atoms with Crippen LogP contribution in [-0.4, -0.2) is 16.0 Å². The van der Waals surface area contributed by atoms with Gasteiger partial charge >= 0.3 is 0 Å². The Morgan fingerprint density at radius 1 is 0.667 bits per heavy atom. The summed E-state index contributed by atoms with van der Waals surface area (Å²) in [6.45, 7) is 1.58. The fourth-order valence-corrected chi connectivity index (χ4v) is 4.71. The maximum atomic E-state index is 12.2. The highest BCUT2D eigenvalue weighted by Crippen LogP contribution is 2.56. The van der Waals surface area contributed by atoms with Gasteiger partial charge < -0.3 is 10.2 Å². The summed E-state index contributed by atoms with van der Waals surface area (Å²) in [5, 5.41) is 19.8. The Kier molecular flexibility index (Phi) is 4.00. The van der Waals surface area contributed by atoms with Crippen LogP contribution in [0.3, 0.4) is 0 Å². The molecule has 3 heteroatoms. The van der Waals surface area contributed by atoms with Gasteiger partial charge in [0.25, 0.3) is 0 Å². The Bertz CT molecular complexity index is 1220. The van der Waals surface area contributed by atoms with Gasteiger partial charge in [-0.25, -0.2) is 0 Å². The van der Waals surface area contributed by atoms with E-state index in [1.165, 1.54) is 0 Å². The highest BCUT2D eigenvalue weighted by atomic mass is 16.3. The number of hydrogen-bond donors (Lipinski definition) is 2. The van der Waals surface area contributed by atoms with E-state index in [-0.39, 0.29) is 17.3 Å². The predicted molar refractivity (Wildman–Crippen MR) is 117 cm³/mol. The van der Waals surface area contributed by atoms with Crippen LogP contribution in [0.1, 0.15) is 39.5 Å². The van der Waals surface area contributed by atoms with Crippen molar-refractivity contribution in [2.75, 3.05) is 0 Å². The molecule has 0 radical (unpaired) electrons. The first-order chi connectivity index (χ1) is 14.5. The molecule has 1 aliphatic carbocycles. The van der Waals surface area contributed by atoms with Gasteiger partial charge in [0.1, 0.15) is 11.5 Å². The molecular formula is C27H20O3. The van der Waals surface area contributed by atoms with Crippen molar-refractivity contribution < 1.29 is 15.0 Å². The van der Waals surface area contributed by atoms with E-state index in [0.29, 0.717) is 5.56 Å². The molecule has 0 spiro atoms. The molecule has 0 aliphatic heterocycles. The quantitative estimate of drug-likeness (QED) is 0.389. The van der Waals surface area contributed by atoms with Gasteiger partial charge in [-0.1, -0.05) is 60.7 Å². The van der Waals surface area contributed by atoms with E-state index in [1.54, 1.807) is 31.2 Å². The summed E-state index contributed by atoms with van der Waals surface area (Å²) in [7, 11) is 0. The summed E-state index contributed by atoms with van der Waals surface area (Å²) in [6.07, 6.45) is 0. The third-order valence-corrected chi connectivity index (χ3v) is 6.05. The van der Waals surface area contributed by atoms with E-state index in [4.69, 9.17) is 0 Å². The zero-order chi connectivity index (χ0) is 20.9. The molecule has 0 atom stereocenters. The molecule has 4 aromatic carbocycles. The lowest BCUT2D eigenvalue weighted by Crippen LogP contribution is -2.28. The first kappa shape index (κ1) is 18.2. The number of fused-ring (bicyclic) bond motifs is 3. The summed E-state index contributed by atoms with van der Waals surface area (Å²) >= 11 is 0. The molecule has 0 amide bonds. The molecule has 5 rings (SSSR count). The first-order valence-electron chi connectivity index (χ1n) is 9.86. The number of ketones is 1. The third-order valence-electron chi connectivity index (χ3n) is 6.05. The normalized spacial score (nSPS) is 13.5. The molecule has 0 unspecified atom stereocenters. The molecule has 30 heavy (non-hydrogen) atoms. The first-order valence-corrected chi connectivity index (χ1v) is 9.86. The van der Waals surface area contributed by atoms with Gasteiger partial charge in [-0.05, 0) is 70.6 Å². The number of phenols is 2. The van der Waals surface area contributed by atoms with Crippen LogP contribution in [0, 0.1) is 0 Å². The lowest BCUT2D eigenvalue weighted by Gasteiger charge is -2.34. The third kappa shape index (κ3) is 2.49. The van der Waals surface area contributed by atoms with Crippen LogP contribution in [0.5, 0.6) is 11.5 Å². The van der Waals surface area contributed by atoms with E-state index in [1.807, 2.05) is 54.6 Å². The number of aromatic hydroxyl groups is 2. The molecule has 0 saturated carbocycles. The Balaban J connectivity index is 1.95. The smallest absolute Gasteiger partial charge is 0.159 e. The Morgan fingerprint density at radius 3 is 1.77 bits per heavy atom. The minimum atomic E-state index is -0.668. The summed E-state index contributed by atoms with van der Waals surface area (Å²) in [4.78, 5) is 12.2. The van der Waals surface area contributed by atoms with Gasteiger partial charge in [0, 0.05) is 5.56 Å². The van der Waals surface area contributed by atoms with E-state index >= 15 is 0 Å². The van der Waals surface area contributed by atoms with E-state index < -0.39 is 5.41 Å². The van der Waals surface area contributed by atoms with Crippen molar-refractivity contribution in [2.24, 2.45) is 0 Å². The molecule has 0 saturated heterocycles. The number of carbonyl (C=O) groups is 1. The van der Waals surface area contributed by atoms with Crippen molar-refractivity contribution in [1.29, 1.82) is 0 Å². The number of rotatable bonds is 3. The van der Waals surface area contributed by atoms with Crippen molar-refractivity contribution in [3.05, 3.63) is 119 Å². The molecule has 1 aliphatic rings. The van der Waals surface area contributed by atoms with Crippen molar-refractivity contribution >= 4 is 5.78 Å². The van der Waals surface area contributed by atoms with Gasteiger partial charge in [-0.3, -0.25) is 4.79 Å². The number of phenolic OH excluding ortho intramolecular Hbond substituents is 2. The second kappa shape index (κ2) is 6.60. The van der Waals surface area contributed by atoms with Gasteiger partial charge in [0.2, 0.25) is 0 Å². The van der Waals surface area contributed by atoms with Crippen LogP contribution in [0.25, 0.3) is 11.1 Å². The van der Waals surface area contributed by atoms with Crippen LogP contribution in [0.4, 0.5) is 0 Å². The van der Waals surface area contributed by atoms with Crippen LogP contribution in [0.15, 0.2) is 91.0 Å². The average Bonchev–Trinajstić information content (AvgIpc) is 3.05. The van der Waals surface area contributed by atoms with Crippen LogP contribution >= 0.6 is 0 Å². The van der Waals surface area contributed by atoms with Crippen molar-refractivity contribution in [3.8, 4) is 22.6 Å². The zero-order valence-electron chi connectivity index (χ0n) is 16.5. The Hall–Kier alpha value is -3.85. The van der Waals surface area contributed by atoms with Gasteiger partial charge in [-0.15, -0.1) is 0 Å². The van der Waals surface area contributed by atoms with Crippen molar-refractivity contribution in [1.82, 2.24) is 0 Å². The van der Waals surface area contributed by atoms with Crippen molar-refractivity contribution in [3.63, 3.8) is 0 Å². The fraction of sp³-hybridized carbons (Fsp3) is 0.0741. The minimum absolute atomic E-state index is 0.0130. The van der Waals surface area contributed by atoms with E-state index in [0.717, 1.165) is 33.4 Å². The lowest BCUT2D eigenvalue weighted by atomic mass is 9.67. The summed E-state index contributed by atoms with van der Waals surface area (Å²) in [6, 6.07) is 28.6. The standard InChI is InChI=1S/C27H20O3/c1-17(28)18-6-15-24-23-4-2-3-5-25(23)27(26(24)16-18,19-7-11-21(29)12-8-19)20-9-13-22(30)14-10-20/h2-16,29-30H,1H3.